The Balaban J connectivity index is 1.36. The standard InChI is InChI=1S/C26H26ClN3O2/c1-32-22-14-10-19(11-15-22)17-26(31)28-16-4-7-25-29-23-5-2-3-6-24(23)30(25)18-20-8-12-21(27)13-9-20/h2-3,5-6,8-15H,4,7,16-18H2,1H3,(H,28,31). The summed E-state index contributed by atoms with van der Waals surface area (Å²) in [6.07, 6.45) is 1.96. The summed E-state index contributed by atoms with van der Waals surface area (Å²) < 4.78 is 7.40. The van der Waals surface area contributed by atoms with E-state index in [9.17, 15) is 4.79 Å². The molecule has 4 aromatic rings. The lowest BCUT2D eigenvalue weighted by atomic mass is 10.1. The molecule has 164 valence electrons. The summed E-state index contributed by atoms with van der Waals surface area (Å²) in [7, 11) is 1.63. The van der Waals surface area contributed by atoms with Crippen LogP contribution in [0.15, 0.2) is 72.8 Å². The van der Waals surface area contributed by atoms with Crippen molar-refractivity contribution >= 4 is 28.5 Å². The van der Waals surface area contributed by atoms with Crippen molar-refractivity contribution in [3.8, 4) is 5.75 Å². The van der Waals surface area contributed by atoms with Crippen LogP contribution in [-0.2, 0) is 24.2 Å². The van der Waals surface area contributed by atoms with Crippen molar-refractivity contribution in [1.82, 2.24) is 14.9 Å². The summed E-state index contributed by atoms with van der Waals surface area (Å²) in [5.74, 6) is 1.83. The number of nitrogens with zero attached hydrogens (tertiary/aromatic N) is 2. The first-order valence-corrected chi connectivity index (χ1v) is 11.1. The molecule has 4 rings (SSSR count). The largest absolute Gasteiger partial charge is 0.497 e. The van der Waals surface area contributed by atoms with Crippen LogP contribution in [0.25, 0.3) is 11.0 Å². The van der Waals surface area contributed by atoms with Crippen LogP contribution in [0.3, 0.4) is 0 Å². The number of benzene rings is 3. The average molecular weight is 448 g/mol. The number of aromatic nitrogens is 2. The van der Waals surface area contributed by atoms with Gasteiger partial charge < -0.3 is 14.6 Å². The van der Waals surface area contributed by atoms with Gasteiger partial charge in [0.1, 0.15) is 11.6 Å². The van der Waals surface area contributed by atoms with Crippen LogP contribution < -0.4 is 10.1 Å². The zero-order valence-electron chi connectivity index (χ0n) is 18.1. The fourth-order valence-corrected chi connectivity index (χ4v) is 3.86. The van der Waals surface area contributed by atoms with E-state index in [1.165, 1.54) is 5.56 Å². The molecule has 0 saturated heterocycles. The van der Waals surface area contributed by atoms with Crippen LogP contribution in [0.5, 0.6) is 5.75 Å². The van der Waals surface area contributed by atoms with Gasteiger partial charge in [-0.05, 0) is 53.9 Å². The van der Waals surface area contributed by atoms with Crippen molar-refractivity contribution < 1.29 is 9.53 Å². The number of imidazole rings is 1. The zero-order chi connectivity index (χ0) is 22.3. The normalized spacial score (nSPS) is 10.9. The highest BCUT2D eigenvalue weighted by molar-refractivity contribution is 6.30. The van der Waals surface area contributed by atoms with E-state index >= 15 is 0 Å². The maximum atomic E-state index is 12.3. The Bertz CT molecular complexity index is 1180. The van der Waals surface area contributed by atoms with Gasteiger partial charge in [0, 0.05) is 24.5 Å². The fourth-order valence-electron chi connectivity index (χ4n) is 3.73. The number of carbonyl (C=O) groups is 1. The Hall–Kier alpha value is -3.31. The van der Waals surface area contributed by atoms with E-state index in [1.807, 2.05) is 66.7 Å². The maximum absolute atomic E-state index is 12.3. The molecule has 0 aliphatic carbocycles. The molecule has 6 heteroatoms. The highest BCUT2D eigenvalue weighted by atomic mass is 35.5. The van der Waals surface area contributed by atoms with E-state index in [1.54, 1.807) is 7.11 Å². The molecule has 0 bridgehead atoms. The van der Waals surface area contributed by atoms with E-state index in [-0.39, 0.29) is 5.91 Å². The minimum Gasteiger partial charge on any atom is -0.497 e. The molecule has 32 heavy (non-hydrogen) atoms. The summed E-state index contributed by atoms with van der Waals surface area (Å²) in [6, 6.07) is 23.6. The second kappa shape index (κ2) is 10.3. The molecule has 0 atom stereocenters. The van der Waals surface area contributed by atoms with Crippen molar-refractivity contribution in [1.29, 1.82) is 0 Å². The number of aryl methyl sites for hydroxylation is 1. The van der Waals surface area contributed by atoms with Crippen LogP contribution in [0.2, 0.25) is 5.02 Å². The summed E-state index contributed by atoms with van der Waals surface area (Å²) in [5, 5.41) is 3.75. The number of hydrogen-bond acceptors (Lipinski definition) is 3. The van der Waals surface area contributed by atoms with Gasteiger partial charge in [0.05, 0.1) is 24.6 Å². The Morgan fingerprint density at radius 3 is 2.47 bits per heavy atom. The molecule has 0 fully saturated rings. The third-order valence-corrected chi connectivity index (χ3v) is 5.66. The monoisotopic (exact) mass is 447 g/mol. The number of para-hydroxylation sites is 2. The number of methoxy groups -OCH3 is 1. The summed E-state index contributed by atoms with van der Waals surface area (Å²) >= 11 is 6.04. The minimum absolute atomic E-state index is 0.0184. The van der Waals surface area contributed by atoms with Crippen molar-refractivity contribution in [2.45, 2.75) is 25.8 Å². The van der Waals surface area contributed by atoms with Gasteiger partial charge in [-0.2, -0.15) is 0 Å². The fraction of sp³-hybridized carbons (Fsp3) is 0.231. The van der Waals surface area contributed by atoms with Crippen molar-refractivity contribution in [2.75, 3.05) is 13.7 Å². The predicted molar refractivity (Wildman–Crippen MR) is 128 cm³/mol. The van der Waals surface area contributed by atoms with E-state index in [0.717, 1.165) is 52.6 Å². The predicted octanol–water partition coefficient (Wildman–Crippen LogP) is 5.04. The summed E-state index contributed by atoms with van der Waals surface area (Å²) in [4.78, 5) is 17.1. The highest BCUT2D eigenvalue weighted by Crippen LogP contribution is 2.20. The molecule has 0 radical (unpaired) electrons. The number of hydrogen-bond donors (Lipinski definition) is 1. The summed E-state index contributed by atoms with van der Waals surface area (Å²) in [6.45, 7) is 1.34. The number of ether oxygens (including phenoxy) is 1. The minimum atomic E-state index is 0.0184. The van der Waals surface area contributed by atoms with Gasteiger partial charge in [0.2, 0.25) is 5.91 Å². The molecular weight excluding hydrogens is 422 g/mol. The van der Waals surface area contributed by atoms with Gasteiger partial charge in [-0.1, -0.05) is 48.0 Å². The quantitative estimate of drug-likeness (QED) is 0.366. The molecule has 5 nitrogen and oxygen atoms in total. The topological polar surface area (TPSA) is 56.1 Å². The average Bonchev–Trinajstić information content (AvgIpc) is 3.16. The maximum Gasteiger partial charge on any atom is 0.224 e. The smallest absolute Gasteiger partial charge is 0.224 e. The summed E-state index contributed by atoms with van der Waals surface area (Å²) in [5.41, 5.74) is 4.24. The first-order chi connectivity index (χ1) is 15.6. The van der Waals surface area contributed by atoms with Gasteiger partial charge in [-0.15, -0.1) is 0 Å². The van der Waals surface area contributed by atoms with Crippen LogP contribution in [0.4, 0.5) is 0 Å². The Morgan fingerprint density at radius 1 is 1.00 bits per heavy atom. The van der Waals surface area contributed by atoms with E-state index in [4.69, 9.17) is 21.3 Å². The molecule has 0 spiro atoms. The highest BCUT2D eigenvalue weighted by Gasteiger charge is 2.11. The molecule has 0 saturated carbocycles. The van der Waals surface area contributed by atoms with Gasteiger partial charge >= 0.3 is 0 Å². The van der Waals surface area contributed by atoms with Crippen LogP contribution in [0.1, 0.15) is 23.4 Å². The van der Waals surface area contributed by atoms with E-state index < -0.39 is 0 Å². The number of amides is 1. The number of fused-ring (bicyclic) bond motifs is 1. The van der Waals surface area contributed by atoms with Crippen LogP contribution >= 0.6 is 11.6 Å². The third kappa shape index (κ3) is 5.48. The third-order valence-electron chi connectivity index (χ3n) is 5.41. The molecule has 1 N–H and O–H groups in total. The molecule has 1 amide bonds. The Morgan fingerprint density at radius 2 is 1.72 bits per heavy atom. The first-order valence-electron chi connectivity index (χ1n) is 10.7. The van der Waals surface area contributed by atoms with E-state index in [2.05, 4.69) is 16.0 Å². The Labute approximate surface area is 193 Å². The first kappa shape index (κ1) is 21.9. The van der Waals surface area contributed by atoms with Gasteiger partial charge in [-0.25, -0.2) is 4.98 Å². The molecule has 0 aliphatic heterocycles. The lowest BCUT2D eigenvalue weighted by Gasteiger charge is -2.10. The number of rotatable bonds is 9. The van der Waals surface area contributed by atoms with Crippen molar-refractivity contribution in [3.05, 3.63) is 94.8 Å². The number of carbonyl (C=O) groups excluding carboxylic acids is 1. The molecule has 3 aromatic carbocycles. The lowest BCUT2D eigenvalue weighted by Crippen LogP contribution is -2.26. The van der Waals surface area contributed by atoms with E-state index in [0.29, 0.717) is 13.0 Å². The van der Waals surface area contributed by atoms with Crippen LogP contribution in [-0.4, -0.2) is 29.1 Å². The van der Waals surface area contributed by atoms with Gasteiger partial charge in [0.15, 0.2) is 0 Å². The SMILES string of the molecule is COc1ccc(CC(=O)NCCCc2nc3ccccc3n2Cc2ccc(Cl)cc2)cc1. The van der Waals surface area contributed by atoms with Crippen molar-refractivity contribution in [2.24, 2.45) is 0 Å². The number of nitrogens with one attached hydrogen (secondary N) is 1. The number of halogens is 1. The second-order valence-corrected chi connectivity index (χ2v) is 8.14. The van der Waals surface area contributed by atoms with Gasteiger partial charge in [0.25, 0.3) is 0 Å². The molecule has 0 unspecified atom stereocenters. The molecular formula is C26H26ClN3O2. The van der Waals surface area contributed by atoms with Gasteiger partial charge in [-0.3, -0.25) is 4.79 Å². The Kier molecular flexibility index (Phi) is 7.07. The zero-order valence-corrected chi connectivity index (χ0v) is 18.8. The second-order valence-electron chi connectivity index (χ2n) is 7.71. The molecule has 1 aromatic heterocycles. The lowest BCUT2D eigenvalue weighted by molar-refractivity contribution is -0.120. The molecule has 0 aliphatic rings. The molecule has 1 heterocycles. The van der Waals surface area contributed by atoms with Crippen molar-refractivity contribution in [3.63, 3.8) is 0 Å². The van der Waals surface area contributed by atoms with Crippen LogP contribution in [0, 0.1) is 0 Å².